The largest absolute Gasteiger partial charge is 0.361 e. The molecule has 1 rings (SSSR count). The number of rotatable bonds is 5. The molecule has 1 aromatic rings. The van der Waals surface area contributed by atoms with E-state index in [0.717, 1.165) is 0 Å². The van der Waals surface area contributed by atoms with Crippen molar-refractivity contribution in [1.82, 2.24) is 15.4 Å². The zero-order chi connectivity index (χ0) is 13.7. The monoisotopic (exact) mass is 253 g/mol. The summed E-state index contributed by atoms with van der Waals surface area (Å²) in [7, 11) is 0. The Morgan fingerprint density at radius 1 is 1.44 bits per heavy atom. The lowest BCUT2D eigenvalue weighted by atomic mass is 10.2. The molecule has 1 heterocycles. The Kier molecular flexibility index (Phi) is 4.88. The Labute approximate surface area is 106 Å². The molecule has 1 aromatic heterocycles. The Bertz CT molecular complexity index is 424. The molecule has 0 unspecified atom stereocenters. The molecule has 6 heteroatoms. The van der Waals surface area contributed by atoms with E-state index in [9.17, 15) is 9.59 Å². The molecule has 1 atom stereocenters. The number of carbonyl (C=O) groups is 2. The Morgan fingerprint density at radius 3 is 2.50 bits per heavy atom. The summed E-state index contributed by atoms with van der Waals surface area (Å²) in [4.78, 5) is 25.4. The summed E-state index contributed by atoms with van der Waals surface area (Å²) < 4.78 is 4.81. The topological polar surface area (TPSA) is 75.4 Å². The third kappa shape index (κ3) is 3.32. The maximum absolute atomic E-state index is 11.9. The van der Waals surface area contributed by atoms with Crippen LogP contribution in [0.25, 0.3) is 0 Å². The number of hydrogen-bond donors (Lipinski definition) is 1. The van der Waals surface area contributed by atoms with Gasteiger partial charge in [-0.15, -0.1) is 0 Å². The lowest BCUT2D eigenvalue weighted by Gasteiger charge is -2.23. The first-order valence-corrected chi connectivity index (χ1v) is 6.02. The van der Waals surface area contributed by atoms with Crippen LogP contribution in [0.2, 0.25) is 0 Å². The van der Waals surface area contributed by atoms with Crippen molar-refractivity contribution < 1.29 is 14.1 Å². The van der Waals surface area contributed by atoms with E-state index in [1.165, 1.54) is 6.07 Å². The first-order valence-electron chi connectivity index (χ1n) is 6.02. The van der Waals surface area contributed by atoms with Crippen LogP contribution in [0, 0.1) is 6.92 Å². The molecule has 1 N–H and O–H groups in total. The molecule has 0 radical (unpaired) electrons. The van der Waals surface area contributed by atoms with Crippen molar-refractivity contribution in [2.75, 3.05) is 13.1 Å². The summed E-state index contributed by atoms with van der Waals surface area (Å²) in [6, 6.07) is 0.957. The van der Waals surface area contributed by atoms with Crippen molar-refractivity contribution in [1.29, 1.82) is 0 Å². The minimum absolute atomic E-state index is 0.103. The number of aryl methyl sites for hydroxylation is 1. The number of carbonyl (C=O) groups excluding carboxylic acids is 2. The van der Waals surface area contributed by atoms with Gasteiger partial charge in [0.15, 0.2) is 5.69 Å². The van der Waals surface area contributed by atoms with E-state index in [0.29, 0.717) is 18.8 Å². The van der Waals surface area contributed by atoms with Gasteiger partial charge in [-0.3, -0.25) is 9.59 Å². The molecule has 0 aliphatic heterocycles. The van der Waals surface area contributed by atoms with Crippen molar-refractivity contribution in [3.05, 3.63) is 17.5 Å². The minimum atomic E-state index is -0.575. The van der Waals surface area contributed by atoms with Gasteiger partial charge in [-0.2, -0.15) is 0 Å². The Morgan fingerprint density at radius 2 is 2.06 bits per heavy atom. The third-order valence-electron chi connectivity index (χ3n) is 2.65. The van der Waals surface area contributed by atoms with Crippen molar-refractivity contribution >= 4 is 11.8 Å². The van der Waals surface area contributed by atoms with Gasteiger partial charge >= 0.3 is 0 Å². The number of nitrogens with zero attached hydrogens (tertiary/aromatic N) is 2. The van der Waals surface area contributed by atoms with Crippen molar-refractivity contribution in [3.8, 4) is 0 Å². The van der Waals surface area contributed by atoms with Gasteiger partial charge in [0.25, 0.3) is 5.91 Å². The maximum Gasteiger partial charge on any atom is 0.274 e. The second-order valence-corrected chi connectivity index (χ2v) is 4.03. The molecule has 0 aliphatic carbocycles. The zero-order valence-electron chi connectivity index (χ0n) is 11.2. The maximum atomic E-state index is 11.9. The molecule has 0 bridgehead atoms. The lowest BCUT2D eigenvalue weighted by Crippen LogP contribution is -2.46. The van der Waals surface area contributed by atoms with Crippen LogP contribution in [0.4, 0.5) is 0 Å². The van der Waals surface area contributed by atoms with Crippen LogP contribution in [0.15, 0.2) is 10.6 Å². The molecular formula is C12H19N3O3. The molecule has 0 saturated heterocycles. The second-order valence-electron chi connectivity index (χ2n) is 4.03. The summed E-state index contributed by atoms with van der Waals surface area (Å²) in [5.41, 5.74) is 0.187. The highest BCUT2D eigenvalue weighted by Crippen LogP contribution is 2.02. The van der Waals surface area contributed by atoms with E-state index in [-0.39, 0.29) is 11.6 Å². The number of nitrogens with one attached hydrogen (secondary N) is 1. The first-order chi connectivity index (χ1) is 8.49. The van der Waals surface area contributed by atoms with Gasteiger partial charge in [-0.05, 0) is 27.7 Å². The normalized spacial score (nSPS) is 12.0. The average Bonchev–Trinajstić information content (AvgIpc) is 2.77. The van der Waals surface area contributed by atoms with E-state index in [1.54, 1.807) is 18.7 Å². The van der Waals surface area contributed by atoms with E-state index in [2.05, 4.69) is 10.5 Å². The smallest absolute Gasteiger partial charge is 0.274 e. The van der Waals surface area contributed by atoms with Crippen molar-refractivity contribution in [2.24, 2.45) is 0 Å². The molecule has 0 aliphatic rings. The molecule has 0 aromatic carbocycles. The molecule has 6 nitrogen and oxygen atoms in total. The van der Waals surface area contributed by atoms with Crippen LogP contribution in [0.3, 0.4) is 0 Å². The van der Waals surface area contributed by atoms with E-state index >= 15 is 0 Å². The van der Waals surface area contributed by atoms with Crippen LogP contribution in [-0.2, 0) is 4.79 Å². The number of amides is 2. The highest BCUT2D eigenvalue weighted by atomic mass is 16.5. The predicted molar refractivity (Wildman–Crippen MR) is 66.1 cm³/mol. The zero-order valence-corrected chi connectivity index (χ0v) is 11.2. The van der Waals surface area contributed by atoms with E-state index < -0.39 is 11.9 Å². The Balaban J connectivity index is 2.62. The molecule has 2 amide bonds. The van der Waals surface area contributed by atoms with Gasteiger partial charge in [0.05, 0.1) is 0 Å². The summed E-state index contributed by atoms with van der Waals surface area (Å²) in [5, 5.41) is 6.21. The van der Waals surface area contributed by atoms with Crippen LogP contribution in [-0.4, -0.2) is 41.0 Å². The van der Waals surface area contributed by atoms with Crippen LogP contribution >= 0.6 is 0 Å². The minimum Gasteiger partial charge on any atom is -0.361 e. The third-order valence-corrected chi connectivity index (χ3v) is 2.65. The van der Waals surface area contributed by atoms with E-state index in [1.807, 2.05) is 13.8 Å². The predicted octanol–water partition coefficient (Wildman–Crippen LogP) is 0.970. The van der Waals surface area contributed by atoms with Gasteiger partial charge in [0.2, 0.25) is 5.91 Å². The van der Waals surface area contributed by atoms with Crippen molar-refractivity contribution in [3.63, 3.8) is 0 Å². The molecule has 0 saturated carbocycles. The Hall–Kier alpha value is -1.85. The number of aromatic nitrogens is 1. The quantitative estimate of drug-likeness (QED) is 0.848. The summed E-state index contributed by atoms with van der Waals surface area (Å²) in [6.07, 6.45) is 0. The van der Waals surface area contributed by atoms with Gasteiger partial charge in [-0.1, -0.05) is 5.16 Å². The van der Waals surface area contributed by atoms with Crippen LogP contribution in [0.1, 0.15) is 37.0 Å². The van der Waals surface area contributed by atoms with Gasteiger partial charge in [-0.25, -0.2) is 0 Å². The summed E-state index contributed by atoms with van der Waals surface area (Å²) >= 11 is 0. The molecule has 18 heavy (non-hydrogen) atoms. The molecule has 0 spiro atoms. The fourth-order valence-electron chi connectivity index (χ4n) is 1.61. The first kappa shape index (κ1) is 14.2. The highest BCUT2D eigenvalue weighted by Gasteiger charge is 2.21. The second kappa shape index (κ2) is 6.18. The summed E-state index contributed by atoms with van der Waals surface area (Å²) in [6.45, 7) is 8.41. The van der Waals surface area contributed by atoms with Crippen LogP contribution in [0.5, 0.6) is 0 Å². The average molecular weight is 253 g/mol. The molecular weight excluding hydrogens is 234 g/mol. The number of hydrogen-bond acceptors (Lipinski definition) is 4. The molecule has 0 fully saturated rings. The van der Waals surface area contributed by atoms with E-state index in [4.69, 9.17) is 4.52 Å². The van der Waals surface area contributed by atoms with Crippen LogP contribution < -0.4 is 5.32 Å². The van der Waals surface area contributed by atoms with Crippen molar-refractivity contribution in [2.45, 2.75) is 33.7 Å². The van der Waals surface area contributed by atoms with Gasteiger partial charge in [0, 0.05) is 19.2 Å². The summed E-state index contributed by atoms with van der Waals surface area (Å²) in [5.74, 6) is 0.0521. The fourth-order valence-corrected chi connectivity index (χ4v) is 1.61. The highest BCUT2D eigenvalue weighted by molar-refractivity contribution is 5.95. The lowest BCUT2D eigenvalue weighted by molar-refractivity contribution is -0.132. The van der Waals surface area contributed by atoms with Gasteiger partial charge in [0.1, 0.15) is 11.8 Å². The SMILES string of the molecule is CCN(CC)C(=O)[C@H](C)NC(=O)c1cc(C)on1. The van der Waals surface area contributed by atoms with Gasteiger partial charge < -0.3 is 14.7 Å². The number of likely N-dealkylation sites (N-methyl/N-ethyl adjacent to an activating group) is 1. The standard InChI is InChI=1S/C12H19N3O3/c1-5-15(6-2)12(17)9(4)13-11(16)10-7-8(3)18-14-10/h7,9H,5-6H2,1-4H3,(H,13,16)/t9-/m0/s1. The fraction of sp³-hybridized carbons (Fsp3) is 0.583. The molecule has 100 valence electrons.